The van der Waals surface area contributed by atoms with E-state index < -0.39 is 12.0 Å². The zero-order valence-corrected chi connectivity index (χ0v) is 24.2. The number of aliphatic carboxylic acids is 1. The quantitative estimate of drug-likeness (QED) is 0.219. The van der Waals surface area contributed by atoms with E-state index in [-0.39, 0.29) is 18.4 Å². The predicted molar refractivity (Wildman–Crippen MR) is 168 cm³/mol. The minimum absolute atomic E-state index is 0.0615. The Morgan fingerprint density at radius 1 is 0.881 bits per heavy atom. The molecule has 1 amide bonds. The lowest BCUT2D eigenvalue weighted by Crippen LogP contribution is -2.39. The summed E-state index contributed by atoms with van der Waals surface area (Å²) in [5, 5.41) is 13.5. The fourth-order valence-electron chi connectivity index (χ4n) is 5.75. The van der Waals surface area contributed by atoms with Gasteiger partial charge in [-0.05, 0) is 61.6 Å². The summed E-state index contributed by atoms with van der Waals surface area (Å²) < 4.78 is 0. The van der Waals surface area contributed by atoms with Crippen molar-refractivity contribution in [2.75, 3.05) is 11.9 Å². The molecule has 2 atom stereocenters. The fourth-order valence-corrected chi connectivity index (χ4v) is 5.75. The van der Waals surface area contributed by atoms with E-state index in [9.17, 15) is 14.7 Å². The zero-order valence-electron chi connectivity index (χ0n) is 24.2. The van der Waals surface area contributed by atoms with Crippen molar-refractivity contribution in [2.45, 2.75) is 51.7 Å². The standard InChI is InChI=1S/C36H37N3O3/c1-25-13-11-14-26(2)30(25)23-32(36(41)42)37-34(28-17-7-4-8-18-28)29-19-9-10-20-31(29)38-35(40)33-21-12-22-39(33)24-27-15-5-3-6-16-27/h3-11,13-20,32-33H,12,21-24H2,1-2H3,(H,38,40)(H,41,42)/t32-,33+/m1/s1. The van der Waals surface area contributed by atoms with Gasteiger partial charge >= 0.3 is 5.97 Å². The van der Waals surface area contributed by atoms with Gasteiger partial charge in [0.25, 0.3) is 0 Å². The van der Waals surface area contributed by atoms with Crippen molar-refractivity contribution >= 4 is 23.3 Å². The van der Waals surface area contributed by atoms with E-state index in [1.54, 1.807) is 0 Å². The first-order chi connectivity index (χ1) is 20.4. The number of hydrogen-bond donors (Lipinski definition) is 2. The van der Waals surface area contributed by atoms with Crippen LogP contribution in [0.4, 0.5) is 5.69 Å². The number of aliphatic imine (C=N–C) groups is 1. The highest BCUT2D eigenvalue weighted by atomic mass is 16.4. The second-order valence-corrected chi connectivity index (χ2v) is 10.9. The summed E-state index contributed by atoms with van der Waals surface area (Å²) in [7, 11) is 0. The molecule has 2 N–H and O–H groups in total. The Hall–Kier alpha value is -4.55. The highest BCUT2D eigenvalue weighted by Crippen LogP contribution is 2.26. The van der Waals surface area contributed by atoms with Gasteiger partial charge in [0.2, 0.25) is 5.91 Å². The first-order valence-corrected chi connectivity index (χ1v) is 14.5. The largest absolute Gasteiger partial charge is 0.480 e. The molecule has 0 aromatic heterocycles. The van der Waals surface area contributed by atoms with Gasteiger partial charge in [-0.15, -0.1) is 0 Å². The molecular weight excluding hydrogens is 522 g/mol. The first-order valence-electron chi connectivity index (χ1n) is 14.5. The molecule has 0 saturated carbocycles. The van der Waals surface area contributed by atoms with E-state index in [4.69, 9.17) is 4.99 Å². The maximum atomic E-state index is 13.7. The van der Waals surface area contributed by atoms with E-state index in [0.717, 1.165) is 48.2 Å². The molecule has 1 aliphatic heterocycles. The molecule has 5 rings (SSSR count). The molecule has 4 aromatic rings. The molecule has 1 saturated heterocycles. The number of hydrogen-bond acceptors (Lipinski definition) is 4. The molecule has 0 bridgehead atoms. The van der Waals surface area contributed by atoms with Crippen molar-refractivity contribution in [3.63, 3.8) is 0 Å². The lowest BCUT2D eigenvalue weighted by molar-refractivity contribution is -0.138. The van der Waals surface area contributed by atoms with Gasteiger partial charge < -0.3 is 10.4 Å². The summed E-state index contributed by atoms with van der Waals surface area (Å²) in [6.07, 6.45) is 2.02. The molecular formula is C36H37N3O3. The van der Waals surface area contributed by atoms with Crippen LogP contribution in [-0.2, 0) is 22.6 Å². The first kappa shape index (κ1) is 29.0. The molecule has 214 valence electrons. The monoisotopic (exact) mass is 559 g/mol. The van der Waals surface area contributed by atoms with Crippen LogP contribution in [0.1, 0.15) is 46.2 Å². The van der Waals surface area contributed by atoms with Gasteiger partial charge in [-0.1, -0.05) is 97.1 Å². The molecule has 0 aliphatic carbocycles. The van der Waals surface area contributed by atoms with E-state index >= 15 is 0 Å². The average molecular weight is 560 g/mol. The van der Waals surface area contributed by atoms with E-state index in [0.29, 0.717) is 17.0 Å². The zero-order chi connectivity index (χ0) is 29.5. The van der Waals surface area contributed by atoms with Crippen molar-refractivity contribution in [3.05, 3.63) is 137 Å². The number of rotatable bonds is 10. The van der Waals surface area contributed by atoms with Gasteiger partial charge in [-0.2, -0.15) is 0 Å². The van der Waals surface area contributed by atoms with Crippen molar-refractivity contribution in [2.24, 2.45) is 4.99 Å². The van der Waals surface area contributed by atoms with Crippen LogP contribution in [0.3, 0.4) is 0 Å². The number of likely N-dealkylation sites (tertiary alicyclic amines) is 1. The molecule has 0 spiro atoms. The van der Waals surface area contributed by atoms with Crippen LogP contribution in [0, 0.1) is 13.8 Å². The van der Waals surface area contributed by atoms with Crippen molar-refractivity contribution in [1.29, 1.82) is 0 Å². The highest BCUT2D eigenvalue weighted by Gasteiger charge is 2.31. The van der Waals surface area contributed by atoms with Gasteiger partial charge in [0.1, 0.15) is 0 Å². The van der Waals surface area contributed by atoms with Gasteiger partial charge in [-0.3, -0.25) is 14.7 Å². The van der Waals surface area contributed by atoms with Crippen LogP contribution >= 0.6 is 0 Å². The molecule has 0 radical (unpaired) electrons. The number of carboxylic acids is 1. The van der Waals surface area contributed by atoms with Crippen LogP contribution in [0.5, 0.6) is 0 Å². The minimum atomic E-state index is -1.00. The predicted octanol–water partition coefficient (Wildman–Crippen LogP) is 6.44. The smallest absolute Gasteiger partial charge is 0.328 e. The number of amides is 1. The molecule has 1 aliphatic rings. The second kappa shape index (κ2) is 13.4. The Kier molecular flexibility index (Phi) is 9.25. The fraction of sp³-hybridized carbons (Fsp3) is 0.250. The van der Waals surface area contributed by atoms with Crippen molar-refractivity contribution in [3.8, 4) is 0 Å². The summed E-state index contributed by atoms with van der Waals surface area (Å²) in [5.41, 5.74) is 6.90. The number of benzene rings is 4. The van der Waals surface area contributed by atoms with Gasteiger partial charge in [0.15, 0.2) is 6.04 Å². The van der Waals surface area contributed by atoms with Crippen molar-refractivity contribution in [1.82, 2.24) is 4.90 Å². The summed E-state index contributed by atoms with van der Waals surface area (Å²) in [6.45, 7) is 5.58. The number of carboxylic acid groups (broad SMARTS) is 1. The second-order valence-electron chi connectivity index (χ2n) is 10.9. The maximum absolute atomic E-state index is 13.7. The third kappa shape index (κ3) is 6.84. The Labute approximate surface area is 247 Å². The molecule has 42 heavy (non-hydrogen) atoms. The number of carbonyl (C=O) groups excluding carboxylic acids is 1. The Morgan fingerprint density at radius 3 is 2.21 bits per heavy atom. The Bertz CT molecular complexity index is 1550. The molecule has 6 nitrogen and oxygen atoms in total. The maximum Gasteiger partial charge on any atom is 0.328 e. The molecule has 1 heterocycles. The van der Waals surface area contributed by atoms with Crippen molar-refractivity contribution < 1.29 is 14.7 Å². The number of carbonyl (C=O) groups is 2. The van der Waals surface area contributed by atoms with Crippen LogP contribution in [0.2, 0.25) is 0 Å². The van der Waals surface area contributed by atoms with E-state index in [1.807, 2.05) is 105 Å². The topological polar surface area (TPSA) is 82.0 Å². The third-order valence-corrected chi connectivity index (χ3v) is 7.99. The van der Waals surface area contributed by atoms with Crippen LogP contribution in [-0.4, -0.2) is 46.2 Å². The normalized spacial score (nSPS) is 16.2. The van der Waals surface area contributed by atoms with Gasteiger partial charge in [0, 0.05) is 24.1 Å². The van der Waals surface area contributed by atoms with Crippen LogP contribution in [0.25, 0.3) is 0 Å². The minimum Gasteiger partial charge on any atom is -0.480 e. The number of nitrogens with one attached hydrogen (secondary N) is 1. The highest BCUT2D eigenvalue weighted by molar-refractivity contribution is 6.17. The average Bonchev–Trinajstić information content (AvgIpc) is 3.46. The third-order valence-electron chi connectivity index (χ3n) is 7.99. The molecule has 4 aromatic carbocycles. The number of para-hydroxylation sites is 1. The lowest BCUT2D eigenvalue weighted by atomic mass is 9.95. The van der Waals surface area contributed by atoms with Gasteiger partial charge in [0.05, 0.1) is 17.4 Å². The van der Waals surface area contributed by atoms with Gasteiger partial charge in [-0.25, -0.2) is 4.79 Å². The van der Waals surface area contributed by atoms with E-state index in [1.165, 1.54) is 5.56 Å². The molecule has 6 heteroatoms. The summed E-state index contributed by atoms with van der Waals surface area (Å²) in [5.74, 6) is -1.05. The Morgan fingerprint density at radius 2 is 1.52 bits per heavy atom. The lowest BCUT2D eigenvalue weighted by Gasteiger charge is -2.24. The number of nitrogens with zero attached hydrogens (tertiary/aromatic N) is 2. The number of aryl methyl sites for hydroxylation is 2. The van der Waals surface area contributed by atoms with Crippen LogP contribution in [0.15, 0.2) is 108 Å². The SMILES string of the molecule is Cc1cccc(C)c1C[C@@H](N=C(c1ccccc1)c1ccccc1NC(=O)[C@@H]1CCCN1Cc1ccccc1)C(=O)O. The number of anilines is 1. The molecule has 1 fully saturated rings. The Balaban J connectivity index is 1.48. The summed E-state index contributed by atoms with van der Waals surface area (Å²) in [4.78, 5) is 33.4. The van der Waals surface area contributed by atoms with Crippen LogP contribution < -0.4 is 5.32 Å². The molecule has 0 unspecified atom stereocenters. The summed E-state index contributed by atoms with van der Waals surface area (Å²) in [6, 6.07) is 32.1. The van der Waals surface area contributed by atoms with E-state index in [2.05, 4.69) is 22.3 Å². The summed E-state index contributed by atoms with van der Waals surface area (Å²) >= 11 is 0.